The van der Waals surface area contributed by atoms with Crippen LogP contribution in [0.4, 0.5) is 0 Å². The molecule has 0 amide bonds. The van der Waals surface area contributed by atoms with Gasteiger partial charge in [-0.1, -0.05) is 0 Å². The molecule has 0 radical (unpaired) electrons. The van der Waals surface area contributed by atoms with Gasteiger partial charge in [0.25, 0.3) is 0 Å². The summed E-state index contributed by atoms with van der Waals surface area (Å²) in [6.07, 6.45) is 2.46. The Bertz CT molecular complexity index is 484. The van der Waals surface area contributed by atoms with E-state index >= 15 is 0 Å². The van der Waals surface area contributed by atoms with E-state index in [1.54, 1.807) is 11.3 Å². The highest BCUT2D eigenvalue weighted by Gasteiger charge is 2.19. The van der Waals surface area contributed by atoms with Gasteiger partial charge in [-0.2, -0.15) is 0 Å². The van der Waals surface area contributed by atoms with Crippen molar-refractivity contribution in [1.29, 1.82) is 0 Å². The minimum Gasteiger partial charge on any atom is -0.393 e. The quantitative estimate of drug-likeness (QED) is 0.431. The summed E-state index contributed by atoms with van der Waals surface area (Å²) in [5, 5.41) is 14.1. The zero-order valence-corrected chi connectivity index (χ0v) is 16.8. The summed E-state index contributed by atoms with van der Waals surface area (Å²) in [6.45, 7) is 9.62. The maximum Gasteiger partial charge on any atom is 0.193 e. The summed E-state index contributed by atoms with van der Waals surface area (Å²) < 4.78 is 0. The number of hydrogen-bond acceptors (Lipinski definition) is 4. The fourth-order valence-electron chi connectivity index (χ4n) is 2.57. The van der Waals surface area contributed by atoms with Crippen molar-refractivity contribution >= 4 is 41.3 Å². The van der Waals surface area contributed by atoms with Crippen LogP contribution in [0.15, 0.2) is 4.99 Å². The first-order valence-corrected chi connectivity index (χ1v) is 8.56. The van der Waals surface area contributed by atoms with Crippen LogP contribution in [0.25, 0.3) is 0 Å². The zero-order chi connectivity index (χ0) is 15.2. The van der Waals surface area contributed by atoms with E-state index in [1.165, 1.54) is 4.88 Å². The normalized spacial score (nSPS) is 16.5. The number of aliphatic hydroxyl groups is 1. The molecule has 2 heterocycles. The van der Waals surface area contributed by atoms with E-state index in [9.17, 15) is 5.11 Å². The van der Waals surface area contributed by atoms with Gasteiger partial charge in [0.1, 0.15) is 0 Å². The zero-order valence-electron chi connectivity index (χ0n) is 13.6. The second-order valence-electron chi connectivity index (χ2n) is 5.45. The molecule has 126 valence electrons. The lowest BCUT2D eigenvalue weighted by atomic mass is 10.1. The number of halogens is 1. The van der Waals surface area contributed by atoms with Gasteiger partial charge in [-0.25, -0.2) is 4.98 Å². The van der Waals surface area contributed by atoms with E-state index in [4.69, 9.17) is 4.99 Å². The molecule has 1 saturated heterocycles. The minimum absolute atomic E-state index is 0. The van der Waals surface area contributed by atoms with Gasteiger partial charge in [0.2, 0.25) is 0 Å². The van der Waals surface area contributed by atoms with Crippen LogP contribution >= 0.6 is 35.3 Å². The van der Waals surface area contributed by atoms with Gasteiger partial charge >= 0.3 is 0 Å². The number of rotatable bonds is 4. The lowest BCUT2D eigenvalue weighted by Gasteiger charge is -2.32. The average molecular weight is 438 g/mol. The maximum atomic E-state index is 9.60. The van der Waals surface area contributed by atoms with Crippen molar-refractivity contribution in [3.8, 4) is 0 Å². The number of aromatic nitrogens is 1. The molecule has 1 aliphatic heterocycles. The third-order valence-corrected chi connectivity index (χ3v) is 4.83. The monoisotopic (exact) mass is 438 g/mol. The largest absolute Gasteiger partial charge is 0.393 e. The predicted octanol–water partition coefficient (Wildman–Crippen LogP) is 2.34. The molecule has 2 rings (SSSR count). The lowest BCUT2D eigenvalue weighted by Crippen LogP contribution is -2.46. The molecule has 0 spiro atoms. The van der Waals surface area contributed by atoms with E-state index < -0.39 is 0 Å². The van der Waals surface area contributed by atoms with Gasteiger partial charge in [-0.05, 0) is 33.6 Å². The number of likely N-dealkylation sites (tertiary alicyclic amines) is 1. The third-order valence-electron chi connectivity index (χ3n) is 3.70. The first-order chi connectivity index (χ1) is 10.1. The van der Waals surface area contributed by atoms with Crippen molar-refractivity contribution in [2.75, 3.05) is 26.2 Å². The third kappa shape index (κ3) is 5.66. The van der Waals surface area contributed by atoms with E-state index in [0.717, 1.165) is 62.1 Å². The Morgan fingerprint density at radius 1 is 1.41 bits per heavy atom. The number of piperidine rings is 1. The van der Waals surface area contributed by atoms with Crippen LogP contribution in [0.5, 0.6) is 0 Å². The van der Waals surface area contributed by atoms with Crippen LogP contribution in [0, 0.1) is 13.8 Å². The maximum absolute atomic E-state index is 9.60. The van der Waals surface area contributed by atoms with Gasteiger partial charge < -0.3 is 15.3 Å². The summed E-state index contributed by atoms with van der Waals surface area (Å²) in [5.41, 5.74) is 1.14. The molecule has 2 N–H and O–H groups in total. The SMILES string of the molecule is CCNC(=NCCc1sc(C)nc1C)N1CCC(O)CC1.I. The van der Waals surface area contributed by atoms with Gasteiger partial charge in [0.05, 0.1) is 16.8 Å². The number of aryl methyl sites for hydroxylation is 2. The molecule has 1 aromatic heterocycles. The Morgan fingerprint density at radius 2 is 2.09 bits per heavy atom. The highest BCUT2D eigenvalue weighted by molar-refractivity contribution is 14.0. The molecule has 0 saturated carbocycles. The molecule has 1 aliphatic rings. The molecule has 0 bridgehead atoms. The molecule has 0 aliphatic carbocycles. The van der Waals surface area contributed by atoms with Crippen LogP contribution in [-0.4, -0.2) is 53.2 Å². The summed E-state index contributed by atoms with van der Waals surface area (Å²) >= 11 is 1.77. The number of nitrogens with one attached hydrogen (secondary N) is 1. The number of aliphatic imine (C=N–C) groups is 1. The van der Waals surface area contributed by atoms with E-state index in [1.807, 2.05) is 6.92 Å². The smallest absolute Gasteiger partial charge is 0.193 e. The molecule has 1 aromatic rings. The number of nitrogens with zero attached hydrogens (tertiary/aromatic N) is 3. The van der Waals surface area contributed by atoms with Crippen LogP contribution in [0.2, 0.25) is 0 Å². The number of aliphatic hydroxyl groups excluding tert-OH is 1. The highest BCUT2D eigenvalue weighted by atomic mass is 127. The van der Waals surface area contributed by atoms with E-state index in [-0.39, 0.29) is 30.1 Å². The number of guanidine groups is 1. The fourth-order valence-corrected chi connectivity index (χ4v) is 3.50. The van der Waals surface area contributed by atoms with Gasteiger partial charge in [-0.3, -0.25) is 4.99 Å². The Kier molecular flexibility index (Phi) is 8.63. The van der Waals surface area contributed by atoms with Crippen molar-refractivity contribution in [3.63, 3.8) is 0 Å². The molecule has 0 unspecified atom stereocenters. The average Bonchev–Trinajstić information content (AvgIpc) is 2.77. The van der Waals surface area contributed by atoms with Crippen molar-refractivity contribution in [1.82, 2.24) is 15.2 Å². The van der Waals surface area contributed by atoms with Crippen molar-refractivity contribution in [2.45, 2.75) is 46.1 Å². The van der Waals surface area contributed by atoms with E-state index in [0.29, 0.717) is 0 Å². The first-order valence-electron chi connectivity index (χ1n) is 7.74. The number of hydrogen-bond donors (Lipinski definition) is 2. The lowest BCUT2D eigenvalue weighted by molar-refractivity contribution is 0.108. The summed E-state index contributed by atoms with van der Waals surface area (Å²) in [4.78, 5) is 12.8. The Hall–Kier alpha value is -0.410. The fraction of sp³-hybridized carbons (Fsp3) is 0.733. The highest BCUT2D eigenvalue weighted by Crippen LogP contribution is 2.17. The van der Waals surface area contributed by atoms with Crippen LogP contribution in [-0.2, 0) is 6.42 Å². The Morgan fingerprint density at radius 3 is 2.64 bits per heavy atom. The van der Waals surface area contributed by atoms with Gasteiger partial charge in [0, 0.05) is 37.5 Å². The molecular formula is C15H27IN4OS. The second-order valence-corrected chi connectivity index (χ2v) is 6.73. The van der Waals surface area contributed by atoms with Gasteiger partial charge in [-0.15, -0.1) is 35.3 Å². The topological polar surface area (TPSA) is 60.8 Å². The molecule has 0 aromatic carbocycles. The van der Waals surface area contributed by atoms with Crippen molar-refractivity contribution < 1.29 is 5.11 Å². The van der Waals surface area contributed by atoms with Crippen LogP contribution in [0.1, 0.15) is 35.3 Å². The first kappa shape index (κ1) is 19.6. The second kappa shape index (κ2) is 9.67. The molecule has 1 fully saturated rings. The standard InChI is InChI=1S/C15H26N4OS.HI/c1-4-16-15(19-9-6-13(20)7-10-19)17-8-5-14-11(2)18-12(3)21-14;/h13,20H,4-10H2,1-3H3,(H,16,17);1H. The van der Waals surface area contributed by atoms with Crippen LogP contribution in [0.3, 0.4) is 0 Å². The van der Waals surface area contributed by atoms with Crippen molar-refractivity contribution in [3.05, 3.63) is 15.6 Å². The Balaban J connectivity index is 0.00000242. The van der Waals surface area contributed by atoms with Crippen LogP contribution < -0.4 is 5.32 Å². The summed E-state index contributed by atoms with van der Waals surface area (Å²) in [6, 6.07) is 0. The predicted molar refractivity (Wildman–Crippen MR) is 103 cm³/mol. The molecule has 7 heteroatoms. The minimum atomic E-state index is -0.146. The molecule has 22 heavy (non-hydrogen) atoms. The summed E-state index contributed by atoms with van der Waals surface area (Å²) in [5.74, 6) is 0.975. The Labute approximate surface area is 154 Å². The molecule has 0 atom stereocenters. The summed E-state index contributed by atoms with van der Waals surface area (Å²) in [7, 11) is 0. The molecule has 5 nitrogen and oxygen atoms in total. The molecular weight excluding hydrogens is 411 g/mol. The van der Waals surface area contributed by atoms with E-state index in [2.05, 4.69) is 29.0 Å². The number of thiazole rings is 1. The van der Waals surface area contributed by atoms with Crippen molar-refractivity contribution in [2.24, 2.45) is 4.99 Å². The van der Waals surface area contributed by atoms with Gasteiger partial charge in [0.15, 0.2) is 5.96 Å².